The summed E-state index contributed by atoms with van der Waals surface area (Å²) in [5.41, 5.74) is 0. The van der Waals surface area contributed by atoms with Crippen LogP contribution in [0, 0.1) is 0 Å². The lowest BCUT2D eigenvalue weighted by Crippen LogP contribution is -2.45. The molecule has 98 valence electrons. The van der Waals surface area contributed by atoms with E-state index in [1.807, 2.05) is 9.46 Å². The third-order valence-corrected chi connectivity index (χ3v) is 1.84. The molecule has 1 atom stereocenters. The largest absolute Gasteiger partial charge is 0.540 e. The molecule has 0 aliphatic rings. The molecule has 0 aliphatic heterocycles. The molecule has 4 nitrogen and oxygen atoms in total. The van der Waals surface area contributed by atoms with Crippen LogP contribution in [0.5, 0.6) is 0 Å². The Morgan fingerprint density at radius 3 is 1.62 bits per heavy atom. The van der Waals surface area contributed by atoms with Crippen LogP contribution in [0.25, 0.3) is 0 Å². The van der Waals surface area contributed by atoms with Crippen molar-refractivity contribution in [2.75, 3.05) is 0 Å². The van der Waals surface area contributed by atoms with Crippen LogP contribution in [0.3, 0.4) is 0 Å². The molecule has 0 saturated heterocycles. The molecule has 0 rings (SSSR count). The van der Waals surface area contributed by atoms with Gasteiger partial charge in [-0.25, -0.2) is 13.5 Å². The summed E-state index contributed by atoms with van der Waals surface area (Å²) in [6.07, 6.45) is -11.1. The molecule has 0 saturated carbocycles. The zero-order valence-electron chi connectivity index (χ0n) is 6.68. The average Bonchev–Trinajstić information content (AvgIpc) is 2.15. The third kappa shape index (κ3) is 3.27. The van der Waals surface area contributed by atoms with E-state index in [0.29, 0.717) is 0 Å². The summed E-state index contributed by atoms with van der Waals surface area (Å²) < 4.78 is 109. The van der Waals surface area contributed by atoms with Crippen molar-refractivity contribution >= 4 is 7.82 Å². The highest BCUT2D eigenvalue weighted by Crippen LogP contribution is 2.54. The minimum atomic E-state index is -6.43. The van der Waals surface area contributed by atoms with E-state index >= 15 is 0 Å². The van der Waals surface area contributed by atoms with E-state index in [9.17, 15) is 40.0 Å². The molecule has 16 heavy (non-hydrogen) atoms. The Morgan fingerprint density at radius 1 is 1.00 bits per heavy atom. The fourth-order valence-corrected chi connectivity index (χ4v) is 0.797. The maximum Gasteiger partial charge on any atom is 0.540 e. The molecule has 13 heteroatoms. The van der Waals surface area contributed by atoms with E-state index in [0.717, 1.165) is 0 Å². The molecule has 0 amide bonds. The topological polar surface area (TPSA) is 44.8 Å². The van der Waals surface area contributed by atoms with Crippen molar-refractivity contribution in [2.24, 2.45) is 0 Å². The lowest BCUT2D eigenvalue weighted by atomic mass is 10.3. The van der Waals surface area contributed by atoms with Gasteiger partial charge < -0.3 is 0 Å². The van der Waals surface area contributed by atoms with E-state index in [1.54, 1.807) is 0 Å². The molecular formula is C3HF8O4P. The number of rotatable bonds is 5. The first-order valence-electron chi connectivity index (χ1n) is 2.98. The molecule has 0 fully saturated rings. The van der Waals surface area contributed by atoms with Crippen molar-refractivity contribution in [2.45, 2.75) is 18.5 Å². The summed E-state index contributed by atoms with van der Waals surface area (Å²) in [4.78, 5) is 0. The molecule has 0 bridgehead atoms. The number of hydrogen-bond acceptors (Lipinski definition) is 4. The summed E-state index contributed by atoms with van der Waals surface area (Å²) >= 11 is 0. The average molecular weight is 284 g/mol. The Morgan fingerprint density at radius 2 is 1.38 bits per heavy atom. The van der Waals surface area contributed by atoms with Crippen molar-refractivity contribution < 1.29 is 53.9 Å². The van der Waals surface area contributed by atoms with Gasteiger partial charge in [0.2, 0.25) is 0 Å². The van der Waals surface area contributed by atoms with Gasteiger partial charge in [0.1, 0.15) is 0 Å². The molecule has 0 aromatic rings. The van der Waals surface area contributed by atoms with Gasteiger partial charge >= 0.3 is 19.9 Å². The standard InChI is InChI=1S/C3HF8O4P/c4-1(2(5,6)3(7,8)9)13-16(12,14-10)15-11/h1H. The van der Waals surface area contributed by atoms with Crippen LogP contribution in [0.1, 0.15) is 0 Å². The van der Waals surface area contributed by atoms with Gasteiger partial charge in [-0.05, 0) is 9.05 Å². The Hall–Kier alpha value is -0.450. The van der Waals surface area contributed by atoms with Crippen molar-refractivity contribution in [1.29, 1.82) is 0 Å². The van der Waals surface area contributed by atoms with Gasteiger partial charge in [0.15, 0.2) is 0 Å². The maximum atomic E-state index is 12.2. The number of alkyl halides is 6. The van der Waals surface area contributed by atoms with Crippen LogP contribution in [0.2, 0.25) is 0 Å². The molecular weight excluding hydrogens is 283 g/mol. The van der Waals surface area contributed by atoms with Crippen LogP contribution in [0.15, 0.2) is 0 Å². The summed E-state index contributed by atoms with van der Waals surface area (Å²) in [5.74, 6) is -6.15. The van der Waals surface area contributed by atoms with Crippen LogP contribution in [-0.2, 0) is 18.5 Å². The Labute approximate surface area is 81.5 Å². The first-order chi connectivity index (χ1) is 7.00. The smallest absolute Gasteiger partial charge is 0.241 e. The molecule has 1 unspecified atom stereocenters. The Kier molecular flexibility index (Phi) is 4.68. The predicted molar refractivity (Wildman–Crippen MR) is 29.0 cm³/mol. The van der Waals surface area contributed by atoms with Crippen LogP contribution >= 0.6 is 7.82 Å². The number of phosphoric acid groups is 1. The highest BCUT2D eigenvalue weighted by molar-refractivity contribution is 7.48. The van der Waals surface area contributed by atoms with Crippen molar-refractivity contribution in [3.05, 3.63) is 0 Å². The zero-order chi connectivity index (χ0) is 13.2. The van der Waals surface area contributed by atoms with Crippen LogP contribution < -0.4 is 0 Å². The SMILES string of the molecule is O=P(OF)(OF)OC(F)C(F)(F)C(F)(F)F. The molecule has 0 heterocycles. The second-order valence-electron chi connectivity index (χ2n) is 2.13. The van der Waals surface area contributed by atoms with E-state index in [2.05, 4.69) is 4.52 Å². The molecule has 0 aromatic heterocycles. The van der Waals surface area contributed by atoms with Gasteiger partial charge in [-0.3, -0.25) is 0 Å². The maximum absolute atomic E-state index is 12.2. The van der Waals surface area contributed by atoms with Gasteiger partial charge in [-0.1, -0.05) is 9.46 Å². The van der Waals surface area contributed by atoms with Crippen LogP contribution in [0.4, 0.5) is 35.4 Å². The fraction of sp³-hybridized carbons (Fsp3) is 1.00. The number of halogens is 8. The highest BCUT2D eigenvalue weighted by atomic mass is 31.2. The lowest BCUT2D eigenvalue weighted by Gasteiger charge is -2.23. The molecule has 0 spiro atoms. The Balaban J connectivity index is 4.83. The van der Waals surface area contributed by atoms with Crippen LogP contribution in [-0.4, -0.2) is 18.5 Å². The summed E-state index contributed by atoms with van der Waals surface area (Å²) in [7, 11) is -6.09. The normalized spacial score (nSPS) is 16.2. The van der Waals surface area contributed by atoms with Gasteiger partial charge in [0.05, 0.1) is 0 Å². The van der Waals surface area contributed by atoms with Crippen molar-refractivity contribution in [3.8, 4) is 0 Å². The fourth-order valence-electron chi connectivity index (χ4n) is 0.351. The van der Waals surface area contributed by atoms with E-state index in [-0.39, 0.29) is 0 Å². The third-order valence-electron chi connectivity index (χ3n) is 1.05. The minimum absolute atomic E-state index is 1.96. The first-order valence-corrected chi connectivity index (χ1v) is 4.44. The minimum Gasteiger partial charge on any atom is -0.241 e. The molecule has 0 N–H and O–H groups in total. The van der Waals surface area contributed by atoms with E-state index in [1.165, 1.54) is 0 Å². The quantitative estimate of drug-likeness (QED) is 0.573. The highest BCUT2D eigenvalue weighted by Gasteiger charge is 2.66. The summed E-state index contributed by atoms with van der Waals surface area (Å²) in [6, 6.07) is 0. The first kappa shape index (κ1) is 15.6. The Bertz CT molecular complexity index is 269. The zero-order valence-corrected chi connectivity index (χ0v) is 7.58. The second kappa shape index (κ2) is 4.82. The van der Waals surface area contributed by atoms with E-state index in [4.69, 9.17) is 0 Å². The second-order valence-corrected chi connectivity index (χ2v) is 3.51. The van der Waals surface area contributed by atoms with Gasteiger partial charge in [0.25, 0.3) is 6.36 Å². The predicted octanol–water partition coefficient (Wildman–Crippen LogP) is 3.41. The number of hydrogen-bond donors (Lipinski definition) is 0. The van der Waals surface area contributed by atoms with Crippen molar-refractivity contribution in [3.63, 3.8) is 0 Å². The molecule has 0 radical (unpaired) electrons. The van der Waals surface area contributed by atoms with Gasteiger partial charge in [-0.2, -0.15) is 22.0 Å². The summed E-state index contributed by atoms with van der Waals surface area (Å²) in [6.45, 7) is 0. The van der Waals surface area contributed by atoms with E-state index < -0.39 is 26.3 Å². The van der Waals surface area contributed by atoms with Gasteiger partial charge in [0, 0.05) is 0 Å². The molecule has 0 aliphatic carbocycles. The monoisotopic (exact) mass is 284 g/mol. The molecule has 0 aromatic carbocycles. The van der Waals surface area contributed by atoms with Gasteiger partial charge in [-0.15, -0.1) is 0 Å². The lowest BCUT2D eigenvalue weighted by molar-refractivity contribution is -0.332. The summed E-state index contributed by atoms with van der Waals surface area (Å²) in [5, 5.41) is 0. The van der Waals surface area contributed by atoms with Crippen molar-refractivity contribution in [1.82, 2.24) is 0 Å².